The van der Waals surface area contributed by atoms with Gasteiger partial charge in [0.05, 0.1) is 11.9 Å². The molecule has 80 valence electrons. The van der Waals surface area contributed by atoms with Gasteiger partial charge in [0.2, 0.25) is 0 Å². The molecule has 10 heteroatoms. The maximum atomic E-state index is 10.4. The van der Waals surface area contributed by atoms with Gasteiger partial charge in [0.25, 0.3) is 0 Å². The molecule has 0 aromatic heterocycles. The van der Waals surface area contributed by atoms with Gasteiger partial charge in [-0.1, -0.05) is 0 Å². The fourth-order valence-corrected chi connectivity index (χ4v) is 3.11. The molecule has 2 N–H and O–H groups in total. The summed E-state index contributed by atoms with van der Waals surface area (Å²) in [4.78, 5) is 16.5. The zero-order valence-electron chi connectivity index (χ0n) is 8.76. The molecule has 0 bridgehead atoms. The van der Waals surface area contributed by atoms with Gasteiger partial charge < -0.3 is 30.0 Å². The predicted molar refractivity (Wildman–Crippen MR) is 44.8 cm³/mol. The average molecular weight is 284 g/mol. The summed E-state index contributed by atoms with van der Waals surface area (Å²) < 4.78 is 0. The second-order valence-corrected chi connectivity index (χ2v) is 5.23. The monoisotopic (exact) mass is 284 g/mol. The van der Waals surface area contributed by atoms with Crippen molar-refractivity contribution in [3.63, 3.8) is 0 Å². The largest absolute Gasteiger partial charge is 1.00 e. The number of aliphatic hydroxyl groups is 2. The van der Waals surface area contributed by atoms with Crippen LogP contribution in [0.25, 0.3) is 0 Å². The topological polar surface area (TPSA) is 121 Å². The van der Waals surface area contributed by atoms with Crippen LogP contribution in [0.3, 0.4) is 0 Å². The van der Waals surface area contributed by atoms with Crippen LogP contribution in [-0.4, -0.2) is 43.5 Å². The van der Waals surface area contributed by atoms with E-state index in [0.717, 1.165) is 0 Å². The minimum absolute atomic E-state index is 0. The molecule has 1 aliphatic heterocycles. The van der Waals surface area contributed by atoms with Crippen LogP contribution in [0.5, 0.6) is 0 Å². The number of rotatable bonds is 2. The summed E-state index contributed by atoms with van der Waals surface area (Å²) in [6.45, 7) is 0. The van der Waals surface area contributed by atoms with Crippen molar-refractivity contribution in [2.75, 3.05) is 11.5 Å². The van der Waals surface area contributed by atoms with Crippen LogP contribution >= 0.6 is 23.5 Å². The van der Waals surface area contributed by atoms with E-state index in [0.29, 0.717) is 23.5 Å². The van der Waals surface area contributed by atoms with Gasteiger partial charge in [0, 0.05) is 11.5 Å². The summed E-state index contributed by atoms with van der Waals surface area (Å²) in [6.07, 6.45) is 0. The number of carbonyl (C=O) groups is 2. The molecule has 0 aromatic rings. The molecule has 6 nitrogen and oxygen atoms in total. The quantitative estimate of drug-likeness (QED) is 0.480. The van der Waals surface area contributed by atoms with Gasteiger partial charge in [-0.2, -0.15) is 0 Å². The van der Waals surface area contributed by atoms with Gasteiger partial charge in [-0.05, 0) is 0 Å². The number of aliphatic carboxylic acids is 2. The first-order chi connectivity index (χ1) is 6.30. The SMILES string of the molecule is O=C([O-])C1(O)CSC(O)(C(=O)[O-])CS1.[Na+].[Na+]. The fraction of sp³-hybridized carbons (Fsp3) is 0.667. The van der Waals surface area contributed by atoms with Crippen LogP contribution < -0.4 is 69.3 Å². The first-order valence-corrected chi connectivity index (χ1v) is 5.43. The summed E-state index contributed by atoms with van der Waals surface area (Å²) in [5.74, 6) is -4.33. The van der Waals surface area contributed by atoms with E-state index in [1.807, 2.05) is 0 Å². The van der Waals surface area contributed by atoms with Crippen LogP contribution in [-0.2, 0) is 9.59 Å². The maximum Gasteiger partial charge on any atom is 1.00 e. The van der Waals surface area contributed by atoms with Gasteiger partial charge in [-0.15, -0.1) is 23.5 Å². The van der Waals surface area contributed by atoms with Gasteiger partial charge in [-0.25, -0.2) is 0 Å². The van der Waals surface area contributed by atoms with Gasteiger partial charge >= 0.3 is 59.1 Å². The first-order valence-electron chi connectivity index (χ1n) is 3.46. The first kappa shape index (κ1) is 19.9. The third-order valence-electron chi connectivity index (χ3n) is 1.65. The Morgan fingerprint density at radius 1 is 0.938 bits per heavy atom. The van der Waals surface area contributed by atoms with Crippen LogP contribution in [0, 0.1) is 0 Å². The minimum atomic E-state index is -2.15. The Hall–Kier alpha value is 1.56. The summed E-state index contributed by atoms with van der Waals surface area (Å²) in [7, 11) is 0. The van der Waals surface area contributed by atoms with E-state index < -0.39 is 33.3 Å². The summed E-state index contributed by atoms with van der Waals surface area (Å²) in [5.41, 5.74) is 0. The Balaban J connectivity index is 0. The molecule has 1 saturated heterocycles. The molecule has 1 rings (SSSR count). The molecule has 1 heterocycles. The number of hydrogen-bond donors (Lipinski definition) is 2. The van der Waals surface area contributed by atoms with Crippen LogP contribution in [0.1, 0.15) is 0 Å². The molecule has 16 heavy (non-hydrogen) atoms. The van der Waals surface area contributed by atoms with Crippen LogP contribution in [0.15, 0.2) is 0 Å². The molecule has 0 aromatic carbocycles. The van der Waals surface area contributed by atoms with E-state index in [2.05, 4.69) is 0 Å². The Bertz CT molecular complexity index is 250. The Morgan fingerprint density at radius 3 is 1.31 bits per heavy atom. The molecule has 0 radical (unpaired) electrons. The maximum absolute atomic E-state index is 10.4. The number of carbonyl (C=O) groups excluding carboxylic acids is 2. The average Bonchev–Trinajstić information content (AvgIpc) is 2.10. The van der Waals surface area contributed by atoms with E-state index in [1.165, 1.54) is 0 Å². The van der Waals surface area contributed by atoms with Crippen molar-refractivity contribution in [2.24, 2.45) is 0 Å². The van der Waals surface area contributed by atoms with Crippen molar-refractivity contribution in [3.05, 3.63) is 0 Å². The van der Waals surface area contributed by atoms with Gasteiger partial charge in [0.15, 0.2) is 9.87 Å². The van der Waals surface area contributed by atoms with Crippen molar-refractivity contribution < 1.29 is 89.1 Å². The van der Waals surface area contributed by atoms with E-state index in [-0.39, 0.29) is 59.1 Å². The van der Waals surface area contributed by atoms with Crippen molar-refractivity contribution in [1.29, 1.82) is 0 Å². The van der Waals surface area contributed by atoms with Gasteiger partial charge in [-0.3, -0.25) is 0 Å². The number of thioether (sulfide) groups is 2. The van der Waals surface area contributed by atoms with Gasteiger partial charge in [0.1, 0.15) is 0 Å². The van der Waals surface area contributed by atoms with Crippen molar-refractivity contribution in [1.82, 2.24) is 0 Å². The molecular formula is C6H6Na2O6S2. The molecule has 2 atom stereocenters. The van der Waals surface area contributed by atoms with E-state index in [4.69, 9.17) is 0 Å². The zero-order chi connectivity index (χ0) is 11.0. The molecule has 0 saturated carbocycles. The fourth-order valence-electron chi connectivity index (χ4n) is 0.753. The van der Waals surface area contributed by atoms with Crippen LogP contribution in [0.2, 0.25) is 0 Å². The van der Waals surface area contributed by atoms with Crippen molar-refractivity contribution in [3.8, 4) is 0 Å². The van der Waals surface area contributed by atoms with E-state index in [9.17, 15) is 30.0 Å². The summed E-state index contributed by atoms with van der Waals surface area (Å²) >= 11 is 0.821. The third-order valence-corrected chi connectivity index (χ3v) is 4.72. The Morgan fingerprint density at radius 2 is 1.19 bits per heavy atom. The second kappa shape index (κ2) is 7.22. The third kappa shape index (κ3) is 4.34. The molecule has 0 spiro atoms. The summed E-state index contributed by atoms with van der Waals surface area (Å²) in [5, 5.41) is 39.5. The Labute approximate surface area is 144 Å². The molecule has 2 unspecified atom stereocenters. The Kier molecular flexibility index (Phi) is 8.98. The normalized spacial score (nSPS) is 33.1. The molecule has 1 fully saturated rings. The second-order valence-electron chi connectivity index (χ2n) is 2.72. The van der Waals surface area contributed by atoms with Crippen molar-refractivity contribution >= 4 is 35.5 Å². The van der Waals surface area contributed by atoms with Crippen LogP contribution in [0.4, 0.5) is 0 Å². The molecular weight excluding hydrogens is 278 g/mol. The molecule has 0 amide bonds. The molecule has 1 aliphatic rings. The summed E-state index contributed by atoms with van der Waals surface area (Å²) in [6, 6.07) is 0. The zero-order valence-corrected chi connectivity index (χ0v) is 14.4. The van der Waals surface area contributed by atoms with E-state index in [1.54, 1.807) is 0 Å². The number of carboxylic acid groups (broad SMARTS) is 2. The standard InChI is InChI=1S/C6H8O6S2.2Na/c7-3(8)5(11)1-13-6(12,2-14-5)4(9)10;;/h11-12H,1-2H2,(H,7,8)(H,9,10);;/q;2*+1/p-2. The molecule has 0 aliphatic carbocycles. The van der Waals surface area contributed by atoms with Crippen molar-refractivity contribution in [2.45, 2.75) is 9.87 Å². The predicted octanol–water partition coefficient (Wildman–Crippen LogP) is -9.65. The number of carboxylic acids is 2. The smallest absolute Gasteiger partial charge is 0.546 e. The number of hydrogen-bond acceptors (Lipinski definition) is 8. The minimum Gasteiger partial charge on any atom is -0.546 e. The van der Waals surface area contributed by atoms with E-state index >= 15 is 0 Å².